The van der Waals surface area contributed by atoms with Crippen LogP contribution in [0.1, 0.15) is 18.4 Å². The predicted molar refractivity (Wildman–Crippen MR) is 88.9 cm³/mol. The zero-order valence-electron chi connectivity index (χ0n) is 13.9. The second-order valence-corrected chi connectivity index (χ2v) is 7.91. The first-order valence-electron chi connectivity index (χ1n) is 7.59. The number of hydrogen-bond donors (Lipinski definition) is 3. The summed E-state index contributed by atoms with van der Waals surface area (Å²) in [6.07, 6.45) is 0.300. The average Bonchev–Trinajstić information content (AvgIpc) is 2.88. The highest BCUT2D eigenvalue weighted by atomic mass is 32.2. The number of hydrogen-bond acceptors (Lipinski definition) is 5. The molecule has 3 N–H and O–H groups in total. The molecule has 1 aliphatic heterocycles. The molecule has 2 rings (SSSR count). The van der Waals surface area contributed by atoms with Gasteiger partial charge in [-0.05, 0) is 24.1 Å². The smallest absolute Gasteiger partial charge is 0.322 e. The van der Waals surface area contributed by atoms with Crippen molar-refractivity contribution in [2.24, 2.45) is 0 Å². The Labute approximate surface area is 145 Å². The third-order valence-electron chi connectivity index (χ3n) is 3.71. The highest BCUT2D eigenvalue weighted by Crippen LogP contribution is 2.14. The molecule has 0 aromatic heterocycles. The van der Waals surface area contributed by atoms with E-state index in [2.05, 4.69) is 16.0 Å². The van der Waals surface area contributed by atoms with Gasteiger partial charge in [0.05, 0.1) is 4.90 Å². The van der Waals surface area contributed by atoms with Gasteiger partial charge in [0, 0.05) is 27.1 Å². The molecule has 4 amide bonds. The summed E-state index contributed by atoms with van der Waals surface area (Å²) in [4.78, 5) is 34.3. The third-order valence-corrected chi connectivity index (χ3v) is 5.54. The van der Waals surface area contributed by atoms with Crippen LogP contribution in [-0.4, -0.2) is 50.7 Å². The van der Waals surface area contributed by atoms with E-state index in [0.29, 0.717) is 0 Å². The molecule has 9 nitrogen and oxygen atoms in total. The number of imide groups is 1. The zero-order chi connectivity index (χ0) is 18.6. The standard InChI is InChI=1S/C15H20N4O5S/c1-19(2)25(23,24)11-5-3-10(4-6-11)9-16-13(20)8-7-12-14(21)18-15(22)17-12/h3-6,12H,7-9H2,1-2H3,(H,16,20)(H2,17,18,21,22)/t12-/m1/s1. The van der Waals surface area contributed by atoms with Crippen LogP contribution in [0, 0.1) is 0 Å². The Bertz CT molecular complexity index is 774. The Morgan fingerprint density at radius 2 is 1.84 bits per heavy atom. The Kier molecular flexibility index (Phi) is 5.75. The fourth-order valence-electron chi connectivity index (χ4n) is 2.22. The fourth-order valence-corrected chi connectivity index (χ4v) is 3.12. The van der Waals surface area contributed by atoms with Crippen LogP contribution in [0.3, 0.4) is 0 Å². The molecule has 0 spiro atoms. The van der Waals surface area contributed by atoms with Gasteiger partial charge in [-0.25, -0.2) is 17.5 Å². The van der Waals surface area contributed by atoms with Crippen LogP contribution in [0.2, 0.25) is 0 Å². The van der Waals surface area contributed by atoms with Gasteiger partial charge in [0.15, 0.2) is 0 Å². The number of sulfonamides is 1. The maximum Gasteiger partial charge on any atom is 0.322 e. The van der Waals surface area contributed by atoms with Crippen molar-refractivity contribution in [3.8, 4) is 0 Å². The number of benzene rings is 1. The molecule has 0 radical (unpaired) electrons. The molecule has 1 fully saturated rings. The SMILES string of the molecule is CN(C)S(=O)(=O)c1ccc(CNC(=O)CC[C@H]2NC(=O)NC2=O)cc1. The van der Waals surface area contributed by atoms with Crippen molar-refractivity contribution >= 4 is 27.9 Å². The summed E-state index contributed by atoms with van der Waals surface area (Å²) < 4.78 is 25.1. The average molecular weight is 368 g/mol. The number of amides is 4. The van der Waals surface area contributed by atoms with Crippen molar-refractivity contribution in [2.75, 3.05) is 14.1 Å². The summed E-state index contributed by atoms with van der Waals surface area (Å²) in [6.45, 7) is 0.240. The highest BCUT2D eigenvalue weighted by molar-refractivity contribution is 7.89. The second-order valence-electron chi connectivity index (χ2n) is 5.76. The molecule has 1 aliphatic rings. The number of carbonyl (C=O) groups excluding carboxylic acids is 3. The van der Waals surface area contributed by atoms with Gasteiger partial charge in [-0.2, -0.15) is 0 Å². The van der Waals surface area contributed by atoms with Crippen LogP contribution >= 0.6 is 0 Å². The molecule has 0 bridgehead atoms. The minimum Gasteiger partial charge on any atom is -0.352 e. The lowest BCUT2D eigenvalue weighted by Gasteiger charge is -2.12. The Hall–Kier alpha value is -2.46. The van der Waals surface area contributed by atoms with Crippen molar-refractivity contribution < 1.29 is 22.8 Å². The Balaban J connectivity index is 1.82. The number of nitrogens with one attached hydrogen (secondary N) is 3. The lowest BCUT2D eigenvalue weighted by molar-refractivity contribution is -0.122. The summed E-state index contributed by atoms with van der Waals surface area (Å²) in [5.74, 6) is -0.700. The number of urea groups is 1. The van der Waals surface area contributed by atoms with Gasteiger partial charge in [-0.1, -0.05) is 12.1 Å². The first-order valence-corrected chi connectivity index (χ1v) is 9.03. The molecule has 0 aliphatic carbocycles. The van der Waals surface area contributed by atoms with Gasteiger partial charge in [0.1, 0.15) is 6.04 Å². The van der Waals surface area contributed by atoms with Gasteiger partial charge < -0.3 is 10.6 Å². The van der Waals surface area contributed by atoms with E-state index in [0.717, 1.165) is 9.87 Å². The molecule has 1 aromatic carbocycles. The number of nitrogens with zero attached hydrogens (tertiary/aromatic N) is 1. The van der Waals surface area contributed by atoms with Crippen molar-refractivity contribution in [3.63, 3.8) is 0 Å². The van der Waals surface area contributed by atoms with Crippen LogP contribution in [0.25, 0.3) is 0 Å². The number of carbonyl (C=O) groups is 3. The van der Waals surface area contributed by atoms with E-state index in [1.54, 1.807) is 12.1 Å². The molecule has 1 saturated heterocycles. The lowest BCUT2D eigenvalue weighted by atomic mass is 10.1. The quantitative estimate of drug-likeness (QED) is 0.562. The highest BCUT2D eigenvalue weighted by Gasteiger charge is 2.29. The van der Waals surface area contributed by atoms with Crippen LogP contribution in [-0.2, 0) is 26.2 Å². The molecule has 0 saturated carbocycles. The summed E-state index contributed by atoms with van der Waals surface area (Å²) in [6, 6.07) is 4.98. The van der Waals surface area contributed by atoms with Crippen LogP contribution in [0.5, 0.6) is 0 Å². The zero-order valence-corrected chi connectivity index (χ0v) is 14.7. The number of rotatable bonds is 7. The van der Waals surface area contributed by atoms with Crippen molar-refractivity contribution in [3.05, 3.63) is 29.8 Å². The van der Waals surface area contributed by atoms with Gasteiger partial charge >= 0.3 is 6.03 Å². The van der Waals surface area contributed by atoms with Gasteiger partial charge in [0.25, 0.3) is 5.91 Å². The summed E-state index contributed by atoms with van der Waals surface area (Å²) in [5, 5.41) is 7.21. The fraction of sp³-hybridized carbons (Fsp3) is 0.400. The Morgan fingerprint density at radius 3 is 2.36 bits per heavy atom. The maximum atomic E-state index is 12.0. The molecular formula is C15H20N4O5S. The minimum absolute atomic E-state index is 0.0887. The van der Waals surface area contributed by atoms with E-state index in [4.69, 9.17) is 0 Å². The molecule has 1 atom stereocenters. The largest absolute Gasteiger partial charge is 0.352 e. The maximum absolute atomic E-state index is 12.0. The molecular weight excluding hydrogens is 348 g/mol. The summed E-state index contributed by atoms with van der Waals surface area (Å²) in [5.41, 5.74) is 0.748. The normalized spacial score (nSPS) is 17.3. The molecule has 10 heteroatoms. The topological polar surface area (TPSA) is 125 Å². The first-order chi connectivity index (χ1) is 11.7. The monoisotopic (exact) mass is 368 g/mol. The van der Waals surface area contributed by atoms with Crippen LogP contribution in [0.15, 0.2) is 29.2 Å². The predicted octanol–water partition coefficient (Wildman–Crippen LogP) is -0.459. The molecule has 1 aromatic rings. The van der Waals surface area contributed by atoms with E-state index in [9.17, 15) is 22.8 Å². The lowest BCUT2D eigenvalue weighted by Crippen LogP contribution is -2.31. The summed E-state index contributed by atoms with van der Waals surface area (Å²) in [7, 11) is -0.569. The minimum atomic E-state index is -3.48. The first kappa shape index (κ1) is 18.9. The third kappa shape index (κ3) is 4.77. The molecule has 0 unspecified atom stereocenters. The second kappa shape index (κ2) is 7.62. The van der Waals surface area contributed by atoms with E-state index < -0.39 is 28.0 Å². The van der Waals surface area contributed by atoms with Crippen molar-refractivity contribution in [1.29, 1.82) is 0 Å². The van der Waals surface area contributed by atoms with Crippen LogP contribution < -0.4 is 16.0 Å². The van der Waals surface area contributed by atoms with Crippen LogP contribution in [0.4, 0.5) is 4.79 Å². The van der Waals surface area contributed by atoms with E-state index in [-0.39, 0.29) is 30.2 Å². The van der Waals surface area contributed by atoms with Gasteiger partial charge in [0.2, 0.25) is 15.9 Å². The van der Waals surface area contributed by atoms with E-state index in [1.807, 2.05) is 0 Å². The van der Waals surface area contributed by atoms with Crippen molar-refractivity contribution in [1.82, 2.24) is 20.3 Å². The van der Waals surface area contributed by atoms with Gasteiger partial charge in [-0.3, -0.25) is 14.9 Å². The molecule has 136 valence electrons. The van der Waals surface area contributed by atoms with E-state index in [1.165, 1.54) is 26.2 Å². The van der Waals surface area contributed by atoms with Crippen molar-refractivity contribution in [2.45, 2.75) is 30.3 Å². The molecule has 25 heavy (non-hydrogen) atoms. The Morgan fingerprint density at radius 1 is 1.20 bits per heavy atom. The summed E-state index contributed by atoms with van der Waals surface area (Å²) >= 11 is 0. The van der Waals surface area contributed by atoms with Gasteiger partial charge in [-0.15, -0.1) is 0 Å². The van der Waals surface area contributed by atoms with E-state index >= 15 is 0 Å². The molecule has 1 heterocycles.